The maximum atomic E-state index is 10.7. The molecule has 0 radical (unpaired) electrons. The molecule has 0 bridgehead atoms. The summed E-state index contributed by atoms with van der Waals surface area (Å²) in [6.07, 6.45) is 0.772. The number of hydrogen-bond acceptors (Lipinski definition) is 5. The topological polar surface area (TPSA) is 61.6 Å². The number of non-ortho nitro benzene ring substituents is 1. The molecule has 2 aromatic rings. The van der Waals surface area contributed by atoms with Gasteiger partial charge in [-0.15, -0.1) is 0 Å². The molecule has 0 heterocycles. The van der Waals surface area contributed by atoms with Gasteiger partial charge < -0.3 is 9.05 Å². The van der Waals surface area contributed by atoms with Crippen LogP contribution in [0, 0.1) is 10.1 Å². The van der Waals surface area contributed by atoms with Crippen LogP contribution in [0.5, 0.6) is 5.75 Å². The van der Waals surface area contributed by atoms with Crippen LogP contribution in [0.3, 0.4) is 0 Å². The normalized spacial score (nSPS) is 14.7. The maximum Gasteiger partial charge on any atom is 0.269 e. The van der Waals surface area contributed by atoms with Crippen LogP contribution in [-0.2, 0) is 16.3 Å². The molecule has 0 aliphatic rings. The van der Waals surface area contributed by atoms with Crippen LogP contribution in [-0.4, -0.2) is 11.0 Å². The fourth-order valence-electron chi connectivity index (χ4n) is 1.82. The third kappa shape index (κ3) is 4.61. The lowest BCUT2D eigenvalue weighted by Gasteiger charge is -2.26. The second-order valence-corrected chi connectivity index (χ2v) is 8.35. The highest BCUT2D eigenvalue weighted by atomic mass is 32.5. The highest BCUT2D eigenvalue weighted by molar-refractivity contribution is 8.13. The zero-order chi connectivity index (χ0) is 16.9. The molecule has 0 aliphatic heterocycles. The Balaban J connectivity index is 2.31. The SMILES string of the molecule is CCC(C)OP(=S)(Oc1ccc([N+](=O)[O-])cc1)c1ccccc1. The van der Waals surface area contributed by atoms with E-state index in [1.165, 1.54) is 12.1 Å². The molecule has 2 rings (SSSR count). The summed E-state index contributed by atoms with van der Waals surface area (Å²) in [5, 5.41) is 11.5. The van der Waals surface area contributed by atoms with Gasteiger partial charge in [-0.05, 0) is 49.4 Å². The Hall–Kier alpha value is -1.75. The van der Waals surface area contributed by atoms with Crippen molar-refractivity contribution in [2.24, 2.45) is 0 Å². The number of rotatable bonds is 7. The highest BCUT2D eigenvalue weighted by Crippen LogP contribution is 2.49. The smallest absolute Gasteiger partial charge is 0.269 e. The van der Waals surface area contributed by atoms with Crippen molar-refractivity contribution in [3.63, 3.8) is 0 Å². The van der Waals surface area contributed by atoms with Crippen molar-refractivity contribution in [3.8, 4) is 5.75 Å². The third-order valence-electron chi connectivity index (χ3n) is 3.24. The summed E-state index contributed by atoms with van der Waals surface area (Å²) in [6, 6.07) is 15.3. The first-order chi connectivity index (χ1) is 10.9. The van der Waals surface area contributed by atoms with Crippen molar-refractivity contribution in [3.05, 3.63) is 64.7 Å². The quantitative estimate of drug-likeness (QED) is 0.420. The molecule has 0 fully saturated rings. The van der Waals surface area contributed by atoms with Crippen LogP contribution in [0.2, 0.25) is 0 Å². The van der Waals surface area contributed by atoms with Gasteiger partial charge >= 0.3 is 0 Å². The van der Waals surface area contributed by atoms with E-state index in [1.807, 2.05) is 44.2 Å². The van der Waals surface area contributed by atoms with E-state index in [4.69, 9.17) is 20.9 Å². The van der Waals surface area contributed by atoms with Crippen molar-refractivity contribution in [2.45, 2.75) is 26.4 Å². The van der Waals surface area contributed by atoms with E-state index < -0.39 is 11.4 Å². The minimum absolute atomic E-state index is 0.00760. The second kappa shape index (κ2) is 7.68. The zero-order valence-electron chi connectivity index (χ0n) is 12.9. The third-order valence-corrected chi connectivity index (χ3v) is 6.37. The van der Waals surface area contributed by atoms with Gasteiger partial charge in [-0.25, -0.2) is 0 Å². The number of nitro groups is 1. The van der Waals surface area contributed by atoms with E-state index in [-0.39, 0.29) is 11.8 Å². The van der Waals surface area contributed by atoms with E-state index in [0.29, 0.717) is 5.75 Å². The molecule has 0 spiro atoms. The first-order valence-corrected chi connectivity index (χ1v) is 9.86. The van der Waals surface area contributed by atoms with Crippen molar-refractivity contribution in [1.29, 1.82) is 0 Å². The van der Waals surface area contributed by atoms with E-state index >= 15 is 0 Å². The monoisotopic (exact) mass is 351 g/mol. The summed E-state index contributed by atoms with van der Waals surface area (Å²) in [6.45, 7) is 1.22. The Labute approximate surface area is 140 Å². The molecule has 0 aliphatic carbocycles. The average molecular weight is 351 g/mol. The van der Waals surface area contributed by atoms with Gasteiger partial charge in [-0.3, -0.25) is 10.1 Å². The molecule has 5 nitrogen and oxygen atoms in total. The number of hydrogen-bond donors (Lipinski definition) is 0. The molecule has 7 heteroatoms. The molecule has 2 aromatic carbocycles. The van der Waals surface area contributed by atoms with E-state index in [9.17, 15) is 10.1 Å². The van der Waals surface area contributed by atoms with Gasteiger partial charge in [0.15, 0.2) is 0 Å². The summed E-state index contributed by atoms with van der Waals surface area (Å²) in [5.41, 5.74) is 0.00760. The molecule has 122 valence electrons. The number of nitro benzene ring substituents is 1. The largest absolute Gasteiger partial charge is 0.440 e. The Bertz CT molecular complexity index is 706. The van der Waals surface area contributed by atoms with Crippen molar-refractivity contribution >= 4 is 29.3 Å². The van der Waals surface area contributed by atoms with Crippen LogP contribution in [0.1, 0.15) is 20.3 Å². The Kier molecular flexibility index (Phi) is 5.88. The fourth-order valence-corrected chi connectivity index (χ4v) is 4.72. The Morgan fingerprint density at radius 2 is 1.78 bits per heavy atom. The Morgan fingerprint density at radius 1 is 1.17 bits per heavy atom. The molecule has 0 amide bonds. The summed E-state index contributed by atoms with van der Waals surface area (Å²) in [5.74, 6) is 0.464. The van der Waals surface area contributed by atoms with Gasteiger partial charge in [0.2, 0.25) is 0 Å². The summed E-state index contributed by atoms with van der Waals surface area (Å²) in [4.78, 5) is 10.3. The van der Waals surface area contributed by atoms with Gasteiger partial charge in [0.25, 0.3) is 12.2 Å². The minimum Gasteiger partial charge on any atom is -0.440 e. The van der Waals surface area contributed by atoms with Gasteiger partial charge in [0.1, 0.15) is 5.75 Å². The van der Waals surface area contributed by atoms with E-state index in [1.54, 1.807) is 12.1 Å². The standard InChI is InChI=1S/C16H18NO4PS/c1-3-13(2)20-22(23,16-7-5-4-6-8-16)21-15-11-9-14(10-12-15)17(18)19/h4-13H,3H2,1-2H3. The lowest BCUT2D eigenvalue weighted by molar-refractivity contribution is -0.384. The van der Waals surface area contributed by atoms with Crippen LogP contribution in [0.25, 0.3) is 0 Å². The molecule has 2 unspecified atom stereocenters. The Morgan fingerprint density at radius 3 is 2.30 bits per heavy atom. The molecule has 2 atom stereocenters. The molecular formula is C16H18NO4PS. The van der Waals surface area contributed by atoms with E-state index in [2.05, 4.69) is 0 Å². The number of nitrogens with zero attached hydrogens (tertiary/aromatic N) is 1. The van der Waals surface area contributed by atoms with Crippen molar-refractivity contribution in [2.75, 3.05) is 0 Å². The maximum absolute atomic E-state index is 10.7. The van der Waals surface area contributed by atoms with Crippen LogP contribution in [0.15, 0.2) is 54.6 Å². The highest BCUT2D eigenvalue weighted by Gasteiger charge is 2.26. The van der Waals surface area contributed by atoms with E-state index in [0.717, 1.165) is 11.7 Å². The molecule has 0 N–H and O–H groups in total. The molecule has 0 saturated heterocycles. The average Bonchev–Trinajstić information content (AvgIpc) is 2.56. The predicted octanol–water partition coefficient (Wildman–Crippen LogP) is 4.42. The lowest BCUT2D eigenvalue weighted by Crippen LogP contribution is -2.16. The number of benzene rings is 2. The van der Waals surface area contributed by atoms with Crippen LogP contribution >= 0.6 is 6.49 Å². The zero-order valence-corrected chi connectivity index (χ0v) is 14.6. The fraction of sp³-hybridized carbons (Fsp3) is 0.250. The molecule has 0 aromatic heterocycles. The summed E-state index contributed by atoms with van der Waals surface area (Å²) < 4.78 is 12.0. The molecule has 23 heavy (non-hydrogen) atoms. The molecule has 0 saturated carbocycles. The van der Waals surface area contributed by atoms with Gasteiger partial charge in [-0.1, -0.05) is 25.1 Å². The van der Waals surface area contributed by atoms with Crippen molar-refractivity contribution < 1.29 is 14.0 Å². The van der Waals surface area contributed by atoms with Crippen molar-refractivity contribution in [1.82, 2.24) is 0 Å². The van der Waals surface area contributed by atoms with Crippen LogP contribution < -0.4 is 9.83 Å². The predicted molar refractivity (Wildman–Crippen MR) is 94.9 cm³/mol. The second-order valence-electron chi connectivity index (χ2n) is 5.00. The summed E-state index contributed by atoms with van der Waals surface area (Å²) >= 11 is 5.71. The lowest BCUT2D eigenvalue weighted by atomic mass is 10.3. The van der Waals surface area contributed by atoms with Gasteiger partial charge in [0, 0.05) is 17.4 Å². The van der Waals surface area contributed by atoms with Gasteiger partial charge in [-0.2, -0.15) is 0 Å². The first kappa shape index (κ1) is 17.6. The minimum atomic E-state index is -2.74. The van der Waals surface area contributed by atoms with Gasteiger partial charge in [0.05, 0.1) is 11.0 Å². The first-order valence-electron chi connectivity index (χ1n) is 7.22. The van der Waals surface area contributed by atoms with Crippen LogP contribution in [0.4, 0.5) is 5.69 Å². The molecular weight excluding hydrogens is 333 g/mol. The summed E-state index contributed by atoms with van der Waals surface area (Å²) in [7, 11) is 0.